The van der Waals surface area contributed by atoms with Gasteiger partial charge in [-0.15, -0.1) is 0 Å². The monoisotopic (exact) mass is 278 g/mol. The summed E-state index contributed by atoms with van der Waals surface area (Å²) in [5, 5.41) is 6.99. The number of anilines is 2. The minimum absolute atomic E-state index is 0.452. The van der Waals surface area contributed by atoms with Crippen LogP contribution in [0.25, 0.3) is 0 Å². The van der Waals surface area contributed by atoms with Crippen LogP contribution in [-0.2, 0) is 0 Å². The van der Waals surface area contributed by atoms with E-state index in [9.17, 15) is 0 Å². The van der Waals surface area contributed by atoms with E-state index in [4.69, 9.17) is 0 Å². The number of nitrogens with zero attached hydrogens (tertiary/aromatic N) is 2. The summed E-state index contributed by atoms with van der Waals surface area (Å²) in [5.74, 6) is 0.682. The first-order valence-electron chi connectivity index (χ1n) is 7.61. The molecule has 0 saturated heterocycles. The summed E-state index contributed by atoms with van der Waals surface area (Å²) >= 11 is 0. The van der Waals surface area contributed by atoms with E-state index < -0.39 is 0 Å². The van der Waals surface area contributed by atoms with Gasteiger partial charge in [-0.3, -0.25) is 4.98 Å². The van der Waals surface area contributed by atoms with E-state index in [1.165, 1.54) is 0 Å². The summed E-state index contributed by atoms with van der Waals surface area (Å²) in [4.78, 5) is 6.54. The Kier molecular flexibility index (Phi) is 7.37. The first kappa shape index (κ1) is 16.8. The molecule has 0 saturated carbocycles. The van der Waals surface area contributed by atoms with E-state index in [0.717, 1.165) is 37.3 Å². The largest absolute Gasteiger partial charge is 0.384 e. The molecule has 0 spiro atoms. The molecule has 0 aliphatic heterocycles. The topological polar surface area (TPSA) is 40.2 Å². The highest BCUT2D eigenvalue weighted by atomic mass is 15.1. The summed E-state index contributed by atoms with van der Waals surface area (Å²) in [6.45, 7) is 8.71. The molecule has 2 N–H and O–H groups in total. The van der Waals surface area contributed by atoms with Gasteiger partial charge in [-0.2, -0.15) is 0 Å². The van der Waals surface area contributed by atoms with Crippen LogP contribution in [0.2, 0.25) is 0 Å². The Morgan fingerprint density at radius 1 is 1.20 bits per heavy atom. The van der Waals surface area contributed by atoms with Gasteiger partial charge in [0.2, 0.25) is 0 Å². The number of rotatable bonds is 9. The van der Waals surface area contributed by atoms with Crippen LogP contribution in [0.15, 0.2) is 18.5 Å². The lowest BCUT2D eigenvalue weighted by atomic mass is 10.0. The molecule has 0 fully saturated rings. The van der Waals surface area contributed by atoms with E-state index in [1.54, 1.807) is 0 Å². The Balaban J connectivity index is 2.66. The molecule has 0 aliphatic rings. The van der Waals surface area contributed by atoms with Gasteiger partial charge < -0.3 is 15.5 Å². The first-order valence-corrected chi connectivity index (χ1v) is 7.61. The first-order chi connectivity index (χ1) is 9.51. The maximum Gasteiger partial charge on any atom is 0.0550 e. The summed E-state index contributed by atoms with van der Waals surface area (Å²) < 4.78 is 0. The van der Waals surface area contributed by atoms with Crippen LogP contribution in [0.4, 0.5) is 11.4 Å². The summed E-state index contributed by atoms with van der Waals surface area (Å²) in [5.41, 5.74) is 2.18. The van der Waals surface area contributed by atoms with E-state index in [2.05, 4.69) is 61.5 Å². The average Bonchev–Trinajstić information content (AvgIpc) is 2.35. The highest BCUT2D eigenvalue weighted by molar-refractivity contribution is 5.54. The van der Waals surface area contributed by atoms with Crippen molar-refractivity contribution in [2.75, 3.05) is 37.8 Å². The van der Waals surface area contributed by atoms with Crippen molar-refractivity contribution in [3.05, 3.63) is 18.5 Å². The van der Waals surface area contributed by atoms with Crippen molar-refractivity contribution >= 4 is 11.4 Å². The van der Waals surface area contributed by atoms with Gasteiger partial charge in [0, 0.05) is 19.1 Å². The van der Waals surface area contributed by atoms with Gasteiger partial charge in [0.1, 0.15) is 0 Å². The molecule has 4 heteroatoms. The van der Waals surface area contributed by atoms with Crippen LogP contribution in [0.5, 0.6) is 0 Å². The Morgan fingerprint density at radius 3 is 2.50 bits per heavy atom. The lowest BCUT2D eigenvalue weighted by molar-refractivity contribution is 0.356. The van der Waals surface area contributed by atoms with Gasteiger partial charge in [0.05, 0.1) is 23.8 Å². The maximum atomic E-state index is 4.31. The molecule has 20 heavy (non-hydrogen) atoms. The van der Waals surface area contributed by atoms with Crippen molar-refractivity contribution in [3.63, 3.8) is 0 Å². The summed E-state index contributed by atoms with van der Waals surface area (Å²) in [6, 6.07) is 2.60. The molecule has 0 aliphatic carbocycles. The molecule has 0 bridgehead atoms. The number of hydrogen-bond donors (Lipinski definition) is 2. The molecule has 0 amide bonds. The standard InChI is InChI=1S/C16H30N4/c1-6-7-18-14-9-15(11-17-10-14)19-16(8-13(2)3)12-20(4)5/h9-11,13,16,18-19H,6-8,12H2,1-5H3. The fraction of sp³-hybridized carbons (Fsp3) is 0.688. The van der Waals surface area contributed by atoms with Crippen LogP contribution in [0.1, 0.15) is 33.6 Å². The Hall–Kier alpha value is -1.29. The molecule has 1 aromatic heterocycles. The fourth-order valence-electron chi connectivity index (χ4n) is 2.31. The van der Waals surface area contributed by atoms with Crippen LogP contribution in [0.3, 0.4) is 0 Å². The number of nitrogens with one attached hydrogen (secondary N) is 2. The van der Waals surface area contributed by atoms with Gasteiger partial charge in [0.15, 0.2) is 0 Å². The van der Waals surface area contributed by atoms with E-state index >= 15 is 0 Å². The zero-order valence-corrected chi connectivity index (χ0v) is 13.6. The molecule has 1 rings (SSSR count). The van der Waals surface area contributed by atoms with Crippen molar-refractivity contribution in [1.82, 2.24) is 9.88 Å². The van der Waals surface area contributed by atoms with Crippen LogP contribution >= 0.6 is 0 Å². The van der Waals surface area contributed by atoms with Gasteiger partial charge >= 0.3 is 0 Å². The second-order valence-corrected chi connectivity index (χ2v) is 6.12. The van der Waals surface area contributed by atoms with Crippen LogP contribution in [0, 0.1) is 5.92 Å². The molecule has 1 atom stereocenters. The number of hydrogen-bond acceptors (Lipinski definition) is 4. The molecule has 0 aromatic carbocycles. The smallest absolute Gasteiger partial charge is 0.0550 e. The molecular formula is C16H30N4. The lowest BCUT2D eigenvalue weighted by Gasteiger charge is -2.25. The molecule has 0 radical (unpaired) electrons. The zero-order chi connectivity index (χ0) is 15.0. The predicted octanol–water partition coefficient (Wildman–Crippen LogP) is 3.29. The molecule has 4 nitrogen and oxygen atoms in total. The highest BCUT2D eigenvalue weighted by Gasteiger charge is 2.12. The quantitative estimate of drug-likeness (QED) is 0.727. The Labute approximate surface area is 124 Å². The second-order valence-electron chi connectivity index (χ2n) is 6.12. The highest BCUT2D eigenvalue weighted by Crippen LogP contribution is 2.16. The summed E-state index contributed by atoms with van der Waals surface area (Å²) in [7, 11) is 4.24. The lowest BCUT2D eigenvalue weighted by Crippen LogP contribution is -2.33. The molecular weight excluding hydrogens is 248 g/mol. The van der Waals surface area contributed by atoms with Crippen molar-refractivity contribution in [2.45, 2.75) is 39.7 Å². The number of aromatic nitrogens is 1. The minimum Gasteiger partial charge on any atom is -0.384 e. The number of pyridine rings is 1. The zero-order valence-electron chi connectivity index (χ0n) is 13.6. The summed E-state index contributed by atoms with van der Waals surface area (Å²) in [6.07, 6.45) is 6.06. The van der Waals surface area contributed by atoms with Crippen molar-refractivity contribution in [3.8, 4) is 0 Å². The third-order valence-corrected chi connectivity index (χ3v) is 3.03. The maximum absolute atomic E-state index is 4.31. The fourth-order valence-corrected chi connectivity index (χ4v) is 2.31. The van der Waals surface area contributed by atoms with Crippen molar-refractivity contribution in [2.24, 2.45) is 5.92 Å². The van der Waals surface area contributed by atoms with Crippen LogP contribution in [-0.4, -0.2) is 43.1 Å². The molecule has 114 valence electrons. The molecule has 1 heterocycles. The Bertz CT molecular complexity index is 366. The third kappa shape index (κ3) is 6.75. The number of likely N-dealkylation sites (N-methyl/N-ethyl adjacent to an activating group) is 1. The molecule has 1 aromatic rings. The van der Waals surface area contributed by atoms with E-state index in [-0.39, 0.29) is 0 Å². The minimum atomic E-state index is 0.452. The SMILES string of the molecule is CCCNc1cncc(NC(CC(C)C)CN(C)C)c1. The predicted molar refractivity (Wildman–Crippen MR) is 88.4 cm³/mol. The van der Waals surface area contributed by atoms with Crippen molar-refractivity contribution in [1.29, 1.82) is 0 Å². The van der Waals surface area contributed by atoms with Crippen LogP contribution < -0.4 is 10.6 Å². The third-order valence-electron chi connectivity index (χ3n) is 3.03. The van der Waals surface area contributed by atoms with Gasteiger partial charge in [-0.05, 0) is 38.9 Å². The van der Waals surface area contributed by atoms with E-state index in [1.807, 2.05) is 12.4 Å². The molecule has 1 unspecified atom stereocenters. The van der Waals surface area contributed by atoms with Gasteiger partial charge in [-0.25, -0.2) is 0 Å². The van der Waals surface area contributed by atoms with E-state index in [0.29, 0.717) is 12.0 Å². The average molecular weight is 278 g/mol. The van der Waals surface area contributed by atoms with Gasteiger partial charge in [0.25, 0.3) is 0 Å². The Morgan fingerprint density at radius 2 is 1.90 bits per heavy atom. The van der Waals surface area contributed by atoms with Gasteiger partial charge in [-0.1, -0.05) is 20.8 Å². The second kappa shape index (κ2) is 8.80. The normalized spacial score (nSPS) is 12.8. The van der Waals surface area contributed by atoms with Crippen molar-refractivity contribution < 1.29 is 0 Å².